The van der Waals surface area contributed by atoms with Crippen LogP contribution in [0, 0.1) is 0 Å². The van der Waals surface area contributed by atoms with E-state index in [0.717, 1.165) is 46.4 Å². The van der Waals surface area contributed by atoms with Crippen LogP contribution in [0.15, 0.2) is 47.9 Å². The van der Waals surface area contributed by atoms with Crippen LogP contribution in [0.25, 0.3) is 11.4 Å². The van der Waals surface area contributed by atoms with Gasteiger partial charge in [-0.3, -0.25) is 14.3 Å². The highest BCUT2D eigenvalue weighted by atomic mass is 32.2. The van der Waals surface area contributed by atoms with Crippen LogP contribution in [-0.2, 0) is 4.79 Å². The van der Waals surface area contributed by atoms with Gasteiger partial charge < -0.3 is 14.8 Å². The molecule has 1 amide bonds. The quantitative estimate of drug-likeness (QED) is 0.566. The molecule has 8 nitrogen and oxygen atoms in total. The van der Waals surface area contributed by atoms with Crippen LogP contribution < -0.4 is 14.8 Å². The Balaban J connectivity index is 1.23. The predicted octanol–water partition coefficient (Wildman–Crippen LogP) is 3.42. The second-order valence-electron chi connectivity index (χ2n) is 7.63. The van der Waals surface area contributed by atoms with Crippen LogP contribution in [-0.4, -0.2) is 44.6 Å². The van der Waals surface area contributed by atoms with Crippen molar-refractivity contribution in [2.75, 3.05) is 19.0 Å². The molecule has 1 aliphatic carbocycles. The molecule has 160 valence electrons. The molecule has 9 heteroatoms. The molecule has 0 bridgehead atoms. The van der Waals surface area contributed by atoms with Gasteiger partial charge in [0.1, 0.15) is 13.2 Å². The van der Waals surface area contributed by atoms with Gasteiger partial charge in [-0.2, -0.15) is 0 Å². The van der Waals surface area contributed by atoms with Gasteiger partial charge in [0.05, 0.1) is 11.8 Å². The van der Waals surface area contributed by atoms with Gasteiger partial charge in [-0.1, -0.05) is 17.8 Å². The smallest absolute Gasteiger partial charge is 0.230 e. The van der Waals surface area contributed by atoms with Gasteiger partial charge in [0.2, 0.25) is 5.91 Å². The van der Waals surface area contributed by atoms with Crippen molar-refractivity contribution < 1.29 is 14.3 Å². The van der Waals surface area contributed by atoms with Crippen molar-refractivity contribution in [1.82, 2.24) is 25.1 Å². The van der Waals surface area contributed by atoms with E-state index in [1.165, 1.54) is 11.8 Å². The first-order chi connectivity index (χ1) is 15.2. The van der Waals surface area contributed by atoms with Crippen molar-refractivity contribution in [2.24, 2.45) is 0 Å². The lowest BCUT2D eigenvalue weighted by Gasteiger charge is -2.21. The first-order valence-electron chi connectivity index (χ1n) is 10.4. The average Bonchev–Trinajstić information content (AvgIpc) is 3.56. The molecule has 1 saturated carbocycles. The summed E-state index contributed by atoms with van der Waals surface area (Å²) in [6.07, 6.45) is 5.74. The largest absolute Gasteiger partial charge is 0.486 e. The number of rotatable bonds is 7. The normalized spacial score (nSPS) is 16.0. The van der Waals surface area contributed by atoms with Crippen LogP contribution in [0.4, 0.5) is 0 Å². The van der Waals surface area contributed by atoms with Gasteiger partial charge in [0.15, 0.2) is 22.5 Å². The van der Waals surface area contributed by atoms with Crippen molar-refractivity contribution in [3.8, 4) is 22.9 Å². The van der Waals surface area contributed by atoms with E-state index in [1.807, 2.05) is 37.3 Å². The summed E-state index contributed by atoms with van der Waals surface area (Å²) in [6, 6.07) is 9.89. The van der Waals surface area contributed by atoms with Crippen LogP contribution in [0.2, 0.25) is 0 Å². The summed E-state index contributed by atoms with van der Waals surface area (Å²) in [7, 11) is 0. The number of carbonyl (C=O) groups is 1. The van der Waals surface area contributed by atoms with Crippen LogP contribution in [0.1, 0.15) is 37.4 Å². The van der Waals surface area contributed by atoms with Crippen molar-refractivity contribution >= 4 is 17.7 Å². The molecule has 1 fully saturated rings. The maximum absolute atomic E-state index is 12.6. The maximum atomic E-state index is 12.6. The van der Waals surface area contributed by atoms with E-state index in [-0.39, 0.29) is 17.7 Å². The lowest BCUT2D eigenvalue weighted by Crippen LogP contribution is -2.28. The maximum Gasteiger partial charge on any atom is 0.230 e. The standard InChI is InChI=1S/C22H23N5O3S/c1-14(15-4-7-18-19(11-15)30-10-9-29-18)24-20(28)13-31-22-26-25-21(27(22)17-5-6-17)16-3-2-8-23-12-16/h2-4,7-8,11-12,14,17H,5-6,9-10,13H2,1H3,(H,24,28). The molecule has 1 N–H and O–H groups in total. The molecule has 2 aromatic heterocycles. The summed E-state index contributed by atoms with van der Waals surface area (Å²) >= 11 is 1.41. The van der Waals surface area contributed by atoms with E-state index in [1.54, 1.807) is 12.4 Å². The van der Waals surface area contributed by atoms with Crippen molar-refractivity contribution in [1.29, 1.82) is 0 Å². The predicted molar refractivity (Wildman–Crippen MR) is 116 cm³/mol. The summed E-state index contributed by atoms with van der Waals surface area (Å²) in [4.78, 5) is 16.8. The lowest BCUT2D eigenvalue weighted by molar-refractivity contribution is -0.119. The zero-order valence-corrected chi connectivity index (χ0v) is 18.0. The third-order valence-corrected chi connectivity index (χ3v) is 6.22. The molecule has 2 aliphatic rings. The number of nitrogens with zero attached hydrogens (tertiary/aromatic N) is 4. The highest BCUT2D eigenvalue weighted by Gasteiger charge is 2.30. The number of ether oxygens (including phenoxy) is 2. The summed E-state index contributed by atoms with van der Waals surface area (Å²) in [5, 5.41) is 12.5. The Labute approximate surface area is 184 Å². The SMILES string of the molecule is CC(NC(=O)CSc1nnc(-c2cccnc2)n1C1CC1)c1ccc2c(c1)OCCO2. The number of fused-ring (bicyclic) bond motifs is 1. The Kier molecular flexibility index (Phi) is 5.50. The van der Waals surface area contributed by atoms with Crippen LogP contribution in [0.3, 0.4) is 0 Å². The second-order valence-corrected chi connectivity index (χ2v) is 8.57. The van der Waals surface area contributed by atoms with E-state index in [9.17, 15) is 4.79 Å². The fourth-order valence-corrected chi connectivity index (χ4v) is 4.37. The summed E-state index contributed by atoms with van der Waals surface area (Å²) in [6.45, 7) is 3.06. The first-order valence-corrected chi connectivity index (χ1v) is 11.3. The van der Waals surface area contributed by atoms with Gasteiger partial charge in [-0.15, -0.1) is 10.2 Å². The summed E-state index contributed by atoms with van der Waals surface area (Å²) < 4.78 is 13.3. The third kappa shape index (κ3) is 4.36. The molecule has 0 radical (unpaired) electrons. The number of aromatic nitrogens is 4. The number of thioether (sulfide) groups is 1. The zero-order chi connectivity index (χ0) is 21.2. The van der Waals surface area contributed by atoms with E-state index >= 15 is 0 Å². The van der Waals surface area contributed by atoms with Gasteiger partial charge in [-0.25, -0.2) is 0 Å². The van der Waals surface area contributed by atoms with Gasteiger partial charge >= 0.3 is 0 Å². The van der Waals surface area contributed by atoms with Gasteiger partial charge in [0, 0.05) is 24.0 Å². The van der Waals surface area contributed by atoms with Crippen molar-refractivity contribution in [3.05, 3.63) is 48.3 Å². The molecule has 3 heterocycles. The molecule has 1 aromatic carbocycles. The Bertz CT molecular complexity index is 1080. The number of nitrogens with one attached hydrogen (secondary N) is 1. The molecule has 1 aliphatic heterocycles. The lowest BCUT2D eigenvalue weighted by atomic mass is 10.1. The van der Waals surface area contributed by atoms with Crippen molar-refractivity contribution in [2.45, 2.75) is 37.0 Å². The van der Waals surface area contributed by atoms with E-state index in [2.05, 4.69) is 25.1 Å². The summed E-state index contributed by atoms with van der Waals surface area (Å²) in [5.41, 5.74) is 1.91. The molecular weight excluding hydrogens is 414 g/mol. The minimum absolute atomic E-state index is 0.0549. The monoisotopic (exact) mass is 437 g/mol. The average molecular weight is 438 g/mol. The second kappa shape index (κ2) is 8.58. The highest BCUT2D eigenvalue weighted by molar-refractivity contribution is 7.99. The Morgan fingerprint density at radius 2 is 2.06 bits per heavy atom. The van der Waals surface area contributed by atoms with E-state index in [0.29, 0.717) is 19.3 Å². The minimum Gasteiger partial charge on any atom is -0.486 e. The molecule has 0 saturated heterocycles. The topological polar surface area (TPSA) is 91.2 Å². The third-order valence-electron chi connectivity index (χ3n) is 5.27. The fraction of sp³-hybridized carbons (Fsp3) is 0.364. The summed E-state index contributed by atoms with van der Waals surface area (Å²) in [5.74, 6) is 2.49. The number of carbonyl (C=O) groups excluding carboxylic acids is 1. The van der Waals surface area contributed by atoms with Gasteiger partial charge in [-0.05, 0) is 49.6 Å². The zero-order valence-electron chi connectivity index (χ0n) is 17.2. The minimum atomic E-state index is -0.142. The number of pyridine rings is 1. The number of benzene rings is 1. The first kappa shape index (κ1) is 19.9. The molecule has 0 spiro atoms. The molecule has 1 atom stereocenters. The van der Waals surface area contributed by atoms with Gasteiger partial charge in [0.25, 0.3) is 0 Å². The molecule has 3 aromatic rings. The Morgan fingerprint density at radius 1 is 1.23 bits per heavy atom. The number of hydrogen-bond acceptors (Lipinski definition) is 7. The number of hydrogen-bond donors (Lipinski definition) is 1. The van der Waals surface area contributed by atoms with Crippen LogP contribution in [0.5, 0.6) is 11.5 Å². The Morgan fingerprint density at radius 3 is 2.84 bits per heavy atom. The molecule has 1 unspecified atom stereocenters. The van der Waals surface area contributed by atoms with Crippen LogP contribution >= 0.6 is 11.8 Å². The molecular formula is C22H23N5O3S. The molecule has 31 heavy (non-hydrogen) atoms. The highest BCUT2D eigenvalue weighted by Crippen LogP contribution is 2.41. The Hall–Kier alpha value is -3.07. The molecule has 5 rings (SSSR count). The van der Waals surface area contributed by atoms with E-state index < -0.39 is 0 Å². The van der Waals surface area contributed by atoms with Crippen molar-refractivity contribution in [3.63, 3.8) is 0 Å². The number of amides is 1. The van der Waals surface area contributed by atoms with E-state index in [4.69, 9.17) is 9.47 Å². The fourth-order valence-electron chi connectivity index (χ4n) is 3.56.